The Labute approximate surface area is 425 Å². The average molecular weight is 958 g/mol. The smallest absolute Gasteiger partial charge is 0.306 e. The van der Waals surface area contributed by atoms with Crippen molar-refractivity contribution in [2.24, 2.45) is 0 Å². The molecular formula is C63H104O6. The molecule has 0 aliphatic carbocycles. The van der Waals surface area contributed by atoms with Crippen LogP contribution < -0.4 is 0 Å². The van der Waals surface area contributed by atoms with E-state index in [-0.39, 0.29) is 31.1 Å². The van der Waals surface area contributed by atoms with Crippen LogP contribution in [0.25, 0.3) is 0 Å². The highest BCUT2D eigenvalue weighted by molar-refractivity contribution is 5.71. The number of esters is 3. The first-order chi connectivity index (χ1) is 34.0. The van der Waals surface area contributed by atoms with Gasteiger partial charge in [-0.1, -0.05) is 233 Å². The van der Waals surface area contributed by atoms with E-state index in [1.807, 2.05) is 0 Å². The average Bonchev–Trinajstić information content (AvgIpc) is 3.35. The lowest BCUT2D eigenvalue weighted by molar-refractivity contribution is -0.167. The van der Waals surface area contributed by atoms with Gasteiger partial charge in [0.1, 0.15) is 13.2 Å². The Hall–Kier alpha value is -3.93. The highest BCUT2D eigenvalue weighted by Gasteiger charge is 2.19. The van der Waals surface area contributed by atoms with Crippen LogP contribution in [0.3, 0.4) is 0 Å². The lowest BCUT2D eigenvalue weighted by Crippen LogP contribution is -2.30. The third kappa shape index (κ3) is 54.9. The molecule has 0 bridgehead atoms. The van der Waals surface area contributed by atoms with Gasteiger partial charge in [-0.25, -0.2) is 0 Å². The molecule has 0 fully saturated rings. The standard InChI is InChI=1S/C63H104O6/c1-4-7-10-13-16-18-20-22-23-24-25-26-27-28-29-30-31-32-33-34-35-36-37-38-39-41-42-44-47-50-53-56-62(65)68-59-60(58-67-61(64)55-52-49-46-15-12-9-6-3)69-63(66)57-54-51-48-45-43-40-21-19-17-14-11-8-5-2/h7,10,16,18-19,21-23,25-26,28-29,31-32,34-35,37-38,60H,4-6,8-9,11-15,17,20,24,27,30,33,36,39-59H2,1-3H3/b10-7-,18-16-,21-19-,23-22-,26-25-,29-28-,32-31-,35-34-,38-37-. The van der Waals surface area contributed by atoms with Gasteiger partial charge in [0.15, 0.2) is 6.10 Å². The molecule has 1 unspecified atom stereocenters. The number of hydrogen-bond donors (Lipinski definition) is 0. The van der Waals surface area contributed by atoms with E-state index >= 15 is 0 Å². The van der Waals surface area contributed by atoms with Gasteiger partial charge in [-0.05, 0) is 109 Å². The van der Waals surface area contributed by atoms with Crippen molar-refractivity contribution in [3.05, 3.63) is 109 Å². The van der Waals surface area contributed by atoms with Crippen molar-refractivity contribution in [3.63, 3.8) is 0 Å². The summed E-state index contributed by atoms with van der Waals surface area (Å²) in [6, 6.07) is 0. The zero-order valence-corrected chi connectivity index (χ0v) is 44.8. The second-order valence-corrected chi connectivity index (χ2v) is 18.5. The molecule has 0 aliphatic heterocycles. The van der Waals surface area contributed by atoms with Crippen LogP contribution in [0.1, 0.15) is 252 Å². The van der Waals surface area contributed by atoms with Crippen molar-refractivity contribution < 1.29 is 28.6 Å². The molecule has 1 atom stereocenters. The summed E-state index contributed by atoms with van der Waals surface area (Å²) < 4.78 is 16.7. The highest BCUT2D eigenvalue weighted by atomic mass is 16.6. The maximum Gasteiger partial charge on any atom is 0.306 e. The van der Waals surface area contributed by atoms with Crippen molar-refractivity contribution in [2.45, 2.75) is 258 Å². The van der Waals surface area contributed by atoms with E-state index < -0.39 is 6.10 Å². The van der Waals surface area contributed by atoms with Crippen molar-refractivity contribution >= 4 is 17.9 Å². The Balaban J connectivity index is 4.18. The van der Waals surface area contributed by atoms with Gasteiger partial charge in [-0.3, -0.25) is 14.4 Å². The summed E-state index contributed by atoms with van der Waals surface area (Å²) in [6.07, 6.45) is 76.7. The first-order valence-electron chi connectivity index (χ1n) is 28.4. The molecule has 0 aliphatic rings. The second kappa shape index (κ2) is 56.7. The predicted octanol–water partition coefficient (Wildman–Crippen LogP) is 19.1. The summed E-state index contributed by atoms with van der Waals surface area (Å²) in [7, 11) is 0. The van der Waals surface area contributed by atoms with Gasteiger partial charge in [0.2, 0.25) is 0 Å². The fourth-order valence-corrected chi connectivity index (χ4v) is 7.51. The summed E-state index contributed by atoms with van der Waals surface area (Å²) >= 11 is 0. The van der Waals surface area contributed by atoms with Crippen LogP contribution in [-0.4, -0.2) is 37.2 Å². The predicted molar refractivity (Wildman–Crippen MR) is 297 cm³/mol. The summed E-state index contributed by atoms with van der Waals surface area (Å²) in [5.74, 6) is -0.919. The van der Waals surface area contributed by atoms with Crippen LogP contribution in [0, 0.1) is 0 Å². The van der Waals surface area contributed by atoms with Crippen LogP contribution >= 0.6 is 0 Å². The van der Waals surface area contributed by atoms with Crippen LogP contribution in [-0.2, 0) is 28.6 Å². The summed E-state index contributed by atoms with van der Waals surface area (Å²) in [6.45, 7) is 6.44. The van der Waals surface area contributed by atoms with E-state index in [1.165, 1.54) is 77.0 Å². The number of allylic oxidation sites excluding steroid dienone is 18. The number of hydrogen-bond acceptors (Lipinski definition) is 6. The van der Waals surface area contributed by atoms with Crippen LogP contribution in [0.15, 0.2) is 109 Å². The number of rotatable bonds is 50. The minimum absolute atomic E-state index is 0.0859. The Kier molecular flexibility index (Phi) is 53.4. The largest absolute Gasteiger partial charge is 0.462 e. The van der Waals surface area contributed by atoms with E-state index in [0.29, 0.717) is 19.3 Å². The van der Waals surface area contributed by atoms with Gasteiger partial charge in [0.25, 0.3) is 0 Å². The summed E-state index contributed by atoms with van der Waals surface area (Å²) in [5, 5.41) is 0. The third-order valence-electron chi connectivity index (χ3n) is 11.8. The summed E-state index contributed by atoms with van der Waals surface area (Å²) in [4.78, 5) is 37.8. The Bertz CT molecular complexity index is 1420. The highest BCUT2D eigenvalue weighted by Crippen LogP contribution is 2.14. The van der Waals surface area contributed by atoms with Crippen LogP contribution in [0.5, 0.6) is 0 Å². The Morgan fingerprint density at radius 1 is 0.304 bits per heavy atom. The van der Waals surface area contributed by atoms with Crippen LogP contribution in [0.2, 0.25) is 0 Å². The Morgan fingerprint density at radius 3 is 0.913 bits per heavy atom. The van der Waals surface area contributed by atoms with E-state index in [9.17, 15) is 14.4 Å². The van der Waals surface area contributed by atoms with Crippen molar-refractivity contribution in [2.75, 3.05) is 13.2 Å². The van der Waals surface area contributed by atoms with E-state index in [1.54, 1.807) is 0 Å². The molecule has 0 rings (SSSR count). The van der Waals surface area contributed by atoms with Gasteiger partial charge in [-0.15, -0.1) is 0 Å². The zero-order chi connectivity index (χ0) is 50.0. The topological polar surface area (TPSA) is 78.9 Å². The van der Waals surface area contributed by atoms with Gasteiger partial charge in [0, 0.05) is 19.3 Å². The first-order valence-corrected chi connectivity index (χ1v) is 28.4. The monoisotopic (exact) mass is 957 g/mol. The molecule has 0 saturated heterocycles. The molecule has 6 nitrogen and oxygen atoms in total. The van der Waals surface area contributed by atoms with Crippen molar-refractivity contribution in [1.29, 1.82) is 0 Å². The number of carbonyl (C=O) groups is 3. The maximum atomic E-state index is 12.8. The normalized spacial score (nSPS) is 12.9. The van der Waals surface area contributed by atoms with Crippen molar-refractivity contribution in [1.82, 2.24) is 0 Å². The van der Waals surface area contributed by atoms with Crippen molar-refractivity contribution in [3.8, 4) is 0 Å². The molecule has 69 heavy (non-hydrogen) atoms. The lowest BCUT2D eigenvalue weighted by atomic mass is 10.1. The van der Waals surface area contributed by atoms with E-state index in [4.69, 9.17) is 14.2 Å². The molecule has 0 aromatic rings. The third-order valence-corrected chi connectivity index (χ3v) is 11.8. The molecule has 0 amide bonds. The SMILES string of the molecule is CC/C=C\C/C=C\C/C=C\C/C=C\C/C=C\C/C=C\C/C=C\C/C=C\CCCCCCCCC(=O)OCC(COC(=O)CCCCCCCCC)OC(=O)CCCCCCC/C=C\CCCCCC. The molecule has 0 N–H and O–H groups in total. The van der Waals surface area contributed by atoms with Gasteiger partial charge < -0.3 is 14.2 Å². The van der Waals surface area contributed by atoms with E-state index in [0.717, 1.165) is 135 Å². The van der Waals surface area contributed by atoms with Crippen LogP contribution in [0.4, 0.5) is 0 Å². The minimum Gasteiger partial charge on any atom is -0.462 e. The molecule has 0 heterocycles. The number of ether oxygens (including phenoxy) is 3. The minimum atomic E-state index is -0.786. The molecular weight excluding hydrogens is 853 g/mol. The molecule has 0 radical (unpaired) electrons. The second-order valence-electron chi connectivity index (χ2n) is 18.5. The molecule has 0 aromatic heterocycles. The first kappa shape index (κ1) is 65.1. The Morgan fingerprint density at radius 2 is 0.565 bits per heavy atom. The van der Waals surface area contributed by atoms with Gasteiger partial charge >= 0.3 is 17.9 Å². The lowest BCUT2D eigenvalue weighted by Gasteiger charge is -2.18. The molecule has 6 heteroatoms. The number of unbranched alkanes of at least 4 members (excludes halogenated alkanes) is 21. The quantitative estimate of drug-likeness (QED) is 0.0262. The van der Waals surface area contributed by atoms with Gasteiger partial charge in [-0.2, -0.15) is 0 Å². The fourth-order valence-electron chi connectivity index (χ4n) is 7.51. The molecule has 0 spiro atoms. The molecule has 0 aromatic carbocycles. The summed E-state index contributed by atoms with van der Waals surface area (Å²) in [5.41, 5.74) is 0. The van der Waals surface area contributed by atoms with E-state index in [2.05, 4.69) is 130 Å². The molecule has 392 valence electrons. The molecule has 0 saturated carbocycles. The van der Waals surface area contributed by atoms with Gasteiger partial charge in [0.05, 0.1) is 0 Å². The zero-order valence-electron chi connectivity index (χ0n) is 44.8. The number of carbonyl (C=O) groups excluding carboxylic acids is 3. The maximum absolute atomic E-state index is 12.8. The fraction of sp³-hybridized carbons (Fsp3) is 0.667.